The van der Waals surface area contributed by atoms with Crippen LogP contribution in [0.1, 0.15) is 38.7 Å². The number of aromatic nitrogens is 1. The first-order valence-corrected chi connectivity index (χ1v) is 11.3. The number of piperazine rings is 1. The summed E-state index contributed by atoms with van der Waals surface area (Å²) >= 11 is 0. The topological polar surface area (TPSA) is 59.0 Å². The molecule has 2 saturated heterocycles. The molecule has 0 saturated carbocycles. The van der Waals surface area contributed by atoms with E-state index < -0.39 is 0 Å². The van der Waals surface area contributed by atoms with E-state index in [2.05, 4.69) is 61.3 Å². The van der Waals surface area contributed by atoms with Crippen molar-refractivity contribution in [2.45, 2.75) is 45.7 Å². The Bertz CT molecular complexity index is 638. The monoisotopic (exact) mass is 529 g/mol. The summed E-state index contributed by atoms with van der Waals surface area (Å²) in [4.78, 5) is 16.5. The van der Waals surface area contributed by atoms with E-state index in [1.54, 1.807) is 0 Å². The van der Waals surface area contributed by atoms with Crippen molar-refractivity contribution in [1.29, 1.82) is 0 Å². The minimum Gasteiger partial charge on any atom is -0.354 e. The SMILES string of the molecule is CCCN1CCC(NC(=NC)NCc2ccnc(N3CCN(CC)CC3)c2)CC1.I. The maximum absolute atomic E-state index is 4.61. The van der Waals surface area contributed by atoms with Crippen molar-refractivity contribution in [2.24, 2.45) is 4.99 Å². The molecule has 0 radical (unpaired) electrons. The van der Waals surface area contributed by atoms with E-state index in [0.717, 1.165) is 51.0 Å². The maximum atomic E-state index is 4.61. The number of nitrogens with one attached hydrogen (secondary N) is 2. The number of halogens is 1. The zero-order valence-corrected chi connectivity index (χ0v) is 21.3. The summed E-state index contributed by atoms with van der Waals surface area (Å²) in [5, 5.41) is 7.09. The fourth-order valence-electron chi connectivity index (χ4n) is 4.23. The van der Waals surface area contributed by atoms with E-state index in [1.807, 2.05) is 13.2 Å². The van der Waals surface area contributed by atoms with Gasteiger partial charge in [-0.3, -0.25) is 4.99 Å². The van der Waals surface area contributed by atoms with Gasteiger partial charge in [-0.2, -0.15) is 0 Å². The molecule has 0 unspecified atom stereocenters. The van der Waals surface area contributed by atoms with Gasteiger partial charge in [0.1, 0.15) is 5.82 Å². The van der Waals surface area contributed by atoms with Crippen molar-refractivity contribution in [3.8, 4) is 0 Å². The lowest BCUT2D eigenvalue weighted by Gasteiger charge is -2.34. The summed E-state index contributed by atoms with van der Waals surface area (Å²) in [5.41, 5.74) is 1.24. The van der Waals surface area contributed by atoms with Gasteiger partial charge in [0.2, 0.25) is 0 Å². The quantitative estimate of drug-likeness (QED) is 0.322. The molecule has 3 rings (SSSR count). The summed E-state index contributed by atoms with van der Waals surface area (Å²) < 4.78 is 0. The number of likely N-dealkylation sites (N-methyl/N-ethyl adjacent to an activating group) is 1. The van der Waals surface area contributed by atoms with Crippen LogP contribution in [0.3, 0.4) is 0 Å². The van der Waals surface area contributed by atoms with Crippen LogP contribution in [0.2, 0.25) is 0 Å². The Kier molecular flexibility index (Phi) is 11.2. The van der Waals surface area contributed by atoms with Crippen LogP contribution in [0.5, 0.6) is 0 Å². The van der Waals surface area contributed by atoms with Crippen molar-refractivity contribution >= 4 is 35.8 Å². The average Bonchev–Trinajstić information content (AvgIpc) is 2.78. The van der Waals surface area contributed by atoms with Gasteiger partial charge in [0, 0.05) is 65.1 Å². The average molecular weight is 530 g/mol. The molecule has 0 bridgehead atoms. The van der Waals surface area contributed by atoms with Gasteiger partial charge in [0.05, 0.1) is 0 Å². The molecule has 1 aromatic heterocycles. The van der Waals surface area contributed by atoms with Crippen molar-refractivity contribution < 1.29 is 0 Å². The molecule has 170 valence electrons. The number of piperidine rings is 1. The van der Waals surface area contributed by atoms with Gasteiger partial charge in [-0.05, 0) is 50.0 Å². The zero-order valence-electron chi connectivity index (χ0n) is 18.9. The molecule has 0 spiro atoms. The minimum absolute atomic E-state index is 0. The predicted molar refractivity (Wildman–Crippen MR) is 137 cm³/mol. The molecular weight excluding hydrogens is 489 g/mol. The molecule has 2 N–H and O–H groups in total. The molecule has 0 atom stereocenters. The normalized spacial score (nSPS) is 19.4. The summed E-state index contributed by atoms with van der Waals surface area (Å²) in [7, 11) is 1.85. The van der Waals surface area contributed by atoms with Gasteiger partial charge in [-0.25, -0.2) is 4.98 Å². The third-order valence-corrected chi connectivity index (χ3v) is 6.11. The molecule has 7 nitrogen and oxygen atoms in total. The van der Waals surface area contributed by atoms with Crippen LogP contribution in [0.15, 0.2) is 23.3 Å². The first-order chi connectivity index (χ1) is 14.2. The summed E-state index contributed by atoms with van der Waals surface area (Å²) in [6.45, 7) is 14.3. The Hall–Kier alpha value is -1.13. The number of anilines is 1. The molecule has 2 aliphatic heterocycles. The third kappa shape index (κ3) is 7.53. The summed E-state index contributed by atoms with van der Waals surface area (Å²) in [5.74, 6) is 1.99. The van der Waals surface area contributed by atoms with E-state index >= 15 is 0 Å². The molecule has 3 heterocycles. The molecule has 2 aliphatic rings. The highest BCUT2D eigenvalue weighted by atomic mass is 127. The van der Waals surface area contributed by atoms with E-state index in [0.29, 0.717) is 6.04 Å². The van der Waals surface area contributed by atoms with Crippen LogP contribution in [-0.4, -0.2) is 86.2 Å². The Morgan fingerprint density at radius 2 is 1.83 bits per heavy atom. The largest absolute Gasteiger partial charge is 0.354 e. The Labute approximate surface area is 199 Å². The van der Waals surface area contributed by atoms with E-state index in [4.69, 9.17) is 0 Å². The van der Waals surface area contributed by atoms with Crippen molar-refractivity contribution in [1.82, 2.24) is 25.4 Å². The van der Waals surface area contributed by atoms with Crippen molar-refractivity contribution in [3.63, 3.8) is 0 Å². The van der Waals surface area contributed by atoms with Crippen LogP contribution in [0, 0.1) is 0 Å². The van der Waals surface area contributed by atoms with Crippen LogP contribution in [0.25, 0.3) is 0 Å². The van der Waals surface area contributed by atoms with Crippen LogP contribution in [-0.2, 0) is 6.54 Å². The van der Waals surface area contributed by atoms with E-state index in [-0.39, 0.29) is 24.0 Å². The number of hydrogen-bond donors (Lipinski definition) is 2. The summed E-state index contributed by atoms with van der Waals surface area (Å²) in [6.07, 6.45) is 5.54. The second kappa shape index (κ2) is 13.3. The second-order valence-corrected chi connectivity index (χ2v) is 8.13. The molecule has 2 fully saturated rings. The van der Waals surface area contributed by atoms with Crippen LogP contribution in [0.4, 0.5) is 5.82 Å². The van der Waals surface area contributed by atoms with Crippen molar-refractivity contribution in [3.05, 3.63) is 23.9 Å². The summed E-state index contributed by atoms with van der Waals surface area (Å²) in [6, 6.07) is 4.82. The van der Waals surface area contributed by atoms with Gasteiger partial charge >= 0.3 is 0 Å². The minimum atomic E-state index is 0. The highest BCUT2D eigenvalue weighted by molar-refractivity contribution is 14.0. The Morgan fingerprint density at radius 3 is 2.47 bits per heavy atom. The predicted octanol–water partition coefficient (Wildman–Crippen LogP) is 2.38. The smallest absolute Gasteiger partial charge is 0.191 e. The molecule has 0 aromatic carbocycles. The molecule has 8 heteroatoms. The van der Waals surface area contributed by atoms with Gasteiger partial charge in [-0.1, -0.05) is 13.8 Å². The van der Waals surface area contributed by atoms with Crippen LogP contribution < -0.4 is 15.5 Å². The maximum Gasteiger partial charge on any atom is 0.191 e. The van der Waals surface area contributed by atoms with Crippen molar-refractivity contribution in [2.75, 3.05) is 64.3 Å². The van der Waals surface area contributed by atoms with Crippen LogP contribution >= 0.6 is 24.0 Å². The molecule has 30 heavy (non-hydrogen) atoms. The number of aliphatic imine (C=N–C) groups is 1. The fourth-order valence-corrected chi connectivity index (χ4v) is 4.23. The lowest BCUT2D eigenvalue weighted by atomic mass is 10.1. The molecular formula is C22H40IN7. The number of likely N-dealkylation sites (tertiary alicyclic amines) is 1. The standard InChI is InChI=1S/C22H39N7.HI/c1-4-10-28-11-7-20(8-12-28)26-22(23-3)25-18-19-6-9-24-21(17-19)29-15-13-27(5-2)14-16-29;/h6,9,17,20H,4-5,7-8,10-16,18H2,1-3H3,(H2,23,25,26);1H. The zero-order chi connectivity index (χ0) is 20.5. The highest BCUT2D eigenvalue weighted by Crippen LogP contribution is 2.15. The number of rotatable bonds is 7. The molecule has 1 aromatic rings. The van der Waals surface area contributed by atoms with Gasteiger partial charge in [0.15, 0.2) is 5.96 Å². The number of guanidine groups is 1. The van der Waals surface area contributed by atoms with Gasteiger partial charge in [-0.15, -0.1) is 24.0 Å². The Morgan fingerprint density at radius 1 is 1.10 bits per heavy atom. The van der Waals surface area contributed by atoms with E-state index in [1.165, 1.54) is 44.5 Å². The lowest BCUT2D eigenvalue weighted by molar-refractivity contribution is 0.206. The van der Waals surface area contributed by atoms with E-state index in [9.17, 15) is 0 Å². The molecule has 0 amide bonds. The molecule has 0 aliphatic carbocycles. The number of nitrogens with zero attached hydrogens (tertiary/aromatic N) is 5. The first kappa shape index (κ1) is 25.1. The Balaban J connectivity index is 0.00000320. The van der Waals surface area contributed by atoms with Gasteiger partial charge in [0.25, 0.3) is 0 Å². The van der Waals surface area contributed by atoms with Gasteiger partial charge < -0.3 is 25.3 Å². The fraction of sp³-hybridized carbons (Fsp3) is 0.727. The number of hydrogen-bond acceptors (Lipinski definition) is 5. The third-order valence-electron chi connectivity index (χ3n) is 6.11. The highest BCUT2D eigenvalue weighted by Gasteiger charge is 2.19. The lowest BCUT2D eigenvalue weighted by Crippen LogP contribution is -2.48. The number of pyridine rings is 1. The second-order valence-electron chi connectivity index (χ2n) is 8.13. The first-order valence-electron chi connectivity index (χ1n) is 11.3.